The number of esters is 2. The summed E-state index contributed by atoms with van der Waals surface area (Å²) in [7, 11) is 0. The van der Waals surface area contributed by atoms with Gasteiger partial charge in [0.25, 0.3) is 0 Å². The number of hydrogen-bond donors (Lipinski definition) is 1. The summed E-state index contributed by atoms with van der Waals surface area (Å²) in [5.74, 6) is -1.24. The third-order valence-electron chi connectivity index (χ3n) is 4.20. The van der Waals surface area contributed by atoms with E-state index in [1.165, 1.54) is 0 Å². The monoisotopic (exact) mass is 397 g/mol. The van der Waals surface area contributed by atoms with Gasteiger partial charge in [0.05, 0.1) is 0 Å². The van der Waals surface area contributed by atoms with Crippen molar-refractivity contribution in [1.29, 1.82) is 0 Å². The number of ether oxygens (including phenoxy) is 2. The Morgan fingerprint density at radius 1 is 0.828 bits per heavy atom. The molecular weight excluding hydrogens is 370 g/mol. The molecule has 154 valence electrons. The van der Waals surface area contributed by atoms with Crippen LogP contribution in [0.15, 0.2) is 60.7 Å². The van der Waals surface area contributed by atoms with Gasteiger partial charge in [0.2, 0.25) is 5.91 Å². The van der Waals surface area contributed by atoms with Crippen LogP contribution < -0.4 is 5.32 Å². The first-order chi connectivity index (χ1) is 14.1. The van der Waals surface area contributed by atoms with Crippen LogP contribution in [0.5, 0.6) is 0 Å². The molecule has 0 aromatic heterocycles. The zero-order valence-corrected chi connectivity index (χ0v) is 16.6. The van der Waals surface area contributed by atoms with Gasteiger partial charge in [-0.1, -0.05) is 67.6 Å². The van der Waals surface area contributed by atoms with Gasteiger partial charge in [-0.3, -0.25) is 9.59 Å². The van der Waals surface area contributed by atoms with Gasteiger partial charge in [0.15, 0.2) is 0 Å². The largest absolute Gasteiger partial charge is 0.461 e. The van der Waals surface area contributed by atoms with Gasteiger partial charge in [-0.05, 0) is 24.0 Å². The smallest absolute Gasteiger partial charge is 0.328 e. The van der Waals surface area contributed by atoms with Crippen LogP contribution in [0.4, 0.5) is 0 Å². The summed E-state index contributed by atoms with van der Waals surface area (Å²) in [5, 5.41) is 2.66. The predicted octanol–water partition coefficient (Wildman–Crippen LogP) is 3.54. The molecule has 2 aromatic rings. The van der Waals surface area contributed by atoms with Crippen LogP contribution in [0.3, 0.4) is 0 Å². The van der Waals surface area contributed by atoms with Gasteiger partial charge >= 0.3 is 11.9 Å². The Balaban J connectivity index is 1.85. The molecule has 0 aliphatic heterocycles. The fourth-order valence-corrected chi connectivity index (χ4v) is 2.64. The van der Waals surface area contributed by atoms with E-state index in [-0.39, 0.29) is 32.0 Å². The molecular formula is C23H27NO5. The van der Waals surface area contributed by atoms with Gasteiger partial charge in [-0.15, -0.1) is 0 Å². The third kappa shape index (κ3) is 8.60. The highest BCUT2D eigenvalue weighted by Gasteiger charge is 2.23. The molecule has 1 N–H and O–H groups in total. The van der Waals surface area contributed by atoms with Crippen molar-refractivity contribution < 1.29 is 23.9 Å². The van der Waals surface area contributed by atoms with E-state index >= 15 is 0 Å². The Hall–Kier alpha value is -3.15. The van der Waals surface area contributed by atoms with Crippen LogP contribution in [-0.2, 0) is 37.1 Å². The second-order valence-corrected chi connectivity index (χ2v) is 6.65. The Bertz CT molecular complexity index is 776. The lowest BCUT2D eigenvalue weighted by molar-refractivity contribution is -0.150. The number of amides is 1. The molecule has 2 rings (SSSR count). The fraction of sp³-hybridized carbons (Fsp3) is 0.348. The molecule has 0 unspecified atom stereocenters. The maximum atomic E-state index is 12.5. The minimum absolute atomic E-state index is 0.00431. The van der Waals surface area contributed by atoms with Crippen molar-refractivity contribution in [2.75, 3.05) is 0 Å². The maximum Gasteiger partial charge on any atom is 0.328 e. The van der Waals surface area contributed by atoms with Crippen LogP contribution in [0.2, 0.25) is 0 Å². The highest BCUT2D eigenvalue weighted by atomic mass is 16.5. The summed E-state index contributed by atoms with van der Waals surface area (Å²) < 4.78 is 10.6. The Morgan fingerprint density at radius 2 is 1.38 bits per heavy atom. The number of nitrogens with one attached hydrogen (secondary N) is 1. The van der Waals surface area contributed by atoms with E-state index in [2.05, 4.69) is 5.32 Å². The van der Waals surface area contributed by atoms with E-state index in [0.717, 1.165) is 11.1 Å². The average Bonchev–Trinajstić information content (AvgIpc) is 2.75. The van der Waals surface area contributed by atoms with Crippen molar-refractivity contribution in [3.05, 3.63) is 71.8 Å². The zero-order valence-electron chi connectivity index (χ0n) is 16.6. The van der Waals surface area contributed by atoms with E-state index in [1.54, 1.807) is 0 Å². The van der Waals surface area contributed by atoms with E-state index in [1.807, 2.05) is 67.6 Å². The molecule has 1 atom stereocenters. The molecule has 6 nitrogen and oxygen atoms in total. The van der Waals surface area contributed by atoms with Crippen molar-refractivity contribution in [2.45, 2.75) is 51.9 Å². The number of rotatable bonds is 11. The highest BCUT2D eigenvalue weighted by Crippen LogP contribution is 2.08. The van der Waals surface area contributed by atoms with E-state index < -0.39 is 18.0 Å². The Morgan fingerprint density at radius 3 is 1.93 bits per heavy atom. The fourth-order valence-electron chi connectivity index (χ4n) is 2.64. The van der Waals surface area contributed by atoms with E-state index in [9.17, 15) is 14.4 Å². The summed E-state index contributed by atoms with van der Waals surface area (Å²) in [5.41, 5.74) is 1.73. The first kappa shape index (κ1) is 22.1. The molecule has 29 heavy (non-hydrogen) atoms. The molecule has 2 aromatic carbocycles. The van der Waals surface area contributed by atoms with Gasteiger partial charge in [-0.25, -0.2) is 4.79 Å². The highest BCUT2D eigenvalue weighted by molar-refractivity contribution is 5.85. The normalized spacial score (nSPS) is 11.3. The molecule has 0 aliphatic carbocycles. The van der Waals surface area contributed by atoms with Crippen LogP contribution in [0.25, 0.3) is 0 Å². The summed E-state index contributed by atoms with van der Waals surface area (Å²) in [4.78, 5) is 36.5. The molecule has 0 bridgehead atoms. The minimum atomic E-state index is -0.887. The molecule has 0 radical (unpaired) electrons. The van der Waals surface area contributed by atoms with Crippen LogP contribution >= 0.6 is 0 Å². The zero-order chi connectivity index (χ0) is 20.9. The van der Waals surface area contributed by atoms with Crippen molar-refractivity contribution in [2.24, 2.45) is 0 Å². The topological polar surface area (TPSA) is 81.7 Å². The molecule has 0 saturated carbocycles. The molecule has 0 fully saturated rings. The summed E-state index contributed by atoms with van der Waals surface area (Å²) in [6.45, 7) is 2.16. The quantitative estimate of drug-likeness (QED) is 0.587. The Kier molecular flexibility index (Phi) is 9.42. The molecule has 6 heteroatoms. The lowest BCUT2D eigenvalue weighted by Gasteiger charge is -2.17. The molecule has 0 heterocycles. The second-order valence-electron chi connectivity index (χ2n) is 6.65. The van der Waals surface area contributed by atoms with Gasteiger partial charge in [0.1, 0.15) is 19.3 Å². The first-order valence-corrected chi connectivity index (χ1v) is 9.78. The second kappa shape index (κ2) is 12.3. The van der Waals surface area contributed by atoms with E-state index in [0.29, 0.717) is 12.8 Å². The van der Waals surface area contributed by atoms with Gasteiger partial charge in [-0.2, -0.15) is 0 Å². The van der Waals surface area contributed by atoms with Crippen LogP contribution in [0.1, 0.15) is 43.7 Å². The standard InChI is InChI=1S/C23H27NO5/c1-2-9-21(25)24-20(23(27)29-17-19-12-7-4-8-13-19)14-15-22(26)28-16-18-10-5-3-6-11-18/h3-8,10-13,20H,2,9,14-17H2,1H3,(H,24,25)/t20-/m1/s1. The minimum Gasteiger partial charge on any atom is -0.461 e. The summed E-state index contributed by atoms with van der Waals surface area (Å²) in [6, 6.07) is 17.7. The third-order valence-corrected chi connectivity index (χ3v) is 4.20. The van der Waals surface area contributed by atoms with Crippen molar-refractivity contribution >= 4 is 17.8 Å². The van der Waals surface area contributed by atoms with Crippen molar-refractivity contribution in [3.63, 3.8) is 0 Å². The number of benzene rings is 2. The maximum absolute atomic E-state index is 12.5. The SMILES string of the molecule is CCCC(=O)N[C@H](CCC(=O)OCc1ccccc1)C(=O)OCc1ccccc1. The lowest BCUT2D eigenvalue weighted by atomic mass is 10.1. The molecule has 0 spiro atoms. The van der Waals surface area contributed by atoms with Crippen LogP contribution in [0, 0.1) is 0 Å². The predicted molar refractivity (Wildman–Crippen MR) is 109 cm³/mol. The van der Waals surface area contributed by atoms with Gasteiger partial charge < -0.3 is 14.8 Å². The van der Waals surface area contributed by atoms with E-state index in [4.69, 9.17) is 9.47 Å². The molecule has 0 saturated heterocycles. The summed E-state index contributed by atoms with van der Waals surface area (Å²) >= 11 is 0. The number of carbonyl (C=O) groups excluding carboxylic acids is 3. The van der Waals surface area contributed by atoms with Crippen molar-refractivity contribution in [1.82, 2.24) is 5.32 Å². The number of hydrogen-bond acceptors (Lipinski definition) is 5. The number of carbonyl (C=O) groups is 3. The molecule has 1 amide bonds. The first-order valence-electron chi connectivity index (χ1n) is 9.78. The Labute approximate surface area is 171 Å². The van der Waals surface area contributed by atoms with Crippen LogP contribution in [-0.4, -0.2) is 23.9 Å². The average molecular weight is 397 g/mol. The van der Waals surface area contributed by atoms with Gasteiger partial charge in [0, 0.05) is 12.8 Å². The summed E-state index contributed by atoms with van der Waals surface area (Å²) in [6.07, 6.45) is 1.10. The van der Waals surface area contributed by atoms with Crippen molar-refractivity contribution in [3.8, 4) is 0 Å². The molecule has 0 aliphatic rings. The lowest BCUT2D eigenvalue weighted by Crippen LogP contribution is -2.42.